The topological polar surface area (TPSA) is 93.3 Å². The van der Waals surface area contributed by atoms with Crippen LogP contribution in [0, 0.1) is 11.6 Å². The Morgan fingerprint density at radius 1 is 1.07 bits per heavy atom. The summed E-state index contributed by atoms with van der Waals surface area (Å²) in [5.41, 5.74) is -3.91. The number of oxazole rings is 1. The molecule has 0 saturated heterocycles. The molecule has 1 aliphatic rings. The summed E-state index contributed by atoms with van der Waals surface area (Å²) < 4.78 is 99.7. The van der Waals surface area contributed by atoms with E-state index in [1.54, 1.807) is 0 Å². The van der Waals surface area contributed by atoms with Crippen molar-refractivity contribution in [2.45, 2.75) is 25.2 Å². The number of rotatable bonds is 5. The Balaban J connectivity index is 1.73. The van der Waals surface area contributed by atoms with Gasteiger partial charge in [0.25, 0.3) is 18.2 Å². The fraction of sp³-hybridized carbons (Fsp3) is 0.160. The number of hydrogen-bond acceptors (Lipinski definition) is 4. The Morgan fingerprint density at radius 3 is 2.48 bits per heavy atom. The van der Waals surface area contributed by atoms with Crippen molar-refractivity contribution in [2.24, 2.45) is 0 Å². The molecule has 0 fully saturated rings. The molecule has 1 unspecified atom stereocenters. The van der Waals surface area contributed by atoms with Gasteiger partial charge in [0.2, 0.25) is 0 Å². The van der Waals surface area contributed by atoms with E-state index in [2.05, 4.69) is 10.6 Å². The summed E-state index contributed by atoms with van der Waals surface area (Å²) in [6.07, 6.45) is -8.03. The molecule has 2 N–H and O–H groups in total. The Hall–Kier alpha value is -4.33. The van der Waals surface area contributed by atoms with Crippen LogP contribution < -0.4 is 16.4 Å². The Morgan fingerprint density at radius 2 is 1.80 bits per heavy atom. The van der Waals surface area contributed by atoms with Gasteiger partial charge >= 0.3 is 11.9 Å². The predicted octanol–water partition coefficient (Wildman–Crippen LogP) is 5.90. The van der Waals surface area contributed by atoms with Crippen molar-refractivity contribution in [1.82, 2.24) is 9.88 Å². The summed E-state index contributed by atoms with van der Waals surface area (Å²) in [7, 11) is 0. The van der Waals surface area contributed by atoms with Gasteiger partial charge < -0.3 is 15.1 Å². The van der Waals surface area contributed by atoms with Gasteiger partial charge in [-0.3, -0.25) is 14.2 Å². The van der Waals surface area contributed by atoms with E-state index in [9.17, 15) is 45.1 Å². The second kappa shape index (κ2) is 9.70. The maximum absolute atomic E-state index is 14.1. The first-order valence-electron chi connectivity index (χ1n) is 11.2. The Bertz CT molecular complexity index is 1760. The normalized spacial score (nSPS) is 15.0. The molecule has 0 spiro atoms. The Labute approximate surface area is 223 Å². The minimum Gasteiger partial charge on any atom is -0.407 e. The van der Waals surface area contributed by atoms with Gasteiger partial charge in [0.05, 0.1) is 29.2 Å². The minimum atomic E-state index is -4.99. The molecule has 208 valence electrons. The van der Waals surface area contributed by atoms with Crippen molar-refractivity contribution in [3.05, 3.63) is 97.5 Å². The third kappa shape index (κ3) is 4.78. The van der Waals surface area contributed by atoms with E-state index in [0.717, 1.165) is 18.2 Å². The zero-order valence-corrected chi connectivity index (χ0v) is 20.3. The number of nitrogens with one attached hydrogen (secondary N) is 2. The molecule has 40 heavy (non-hydrogen) atoms. The molecule has 1 aromatic heterocycles. The predicted molar refractivity (Wildman–Crippen MR) is 127 cm³/mol. The van der Waals surface area contributed by atoms with Crippen molar-refractivity contribution in [3.63, 3.8) is 0 Å². The number of alkyl halides is 5. The second-order valence-electron chi connectivity index (χ2n) is 8.68. The van der Waals surface area contributed by atoms with Crippen LogP contribution in [0.25, 0.3) is 11.1 Å². The summed E-state index contributed by atoms with van der Waals surface area (Å²) >= 11 is 6.21. The first kappa shape index (κ1) is 27.2. The van der Waals surface area contributed by atoms with Gasteiger partial charge in [-0.2, -0.15) is 13.2 Å². The zero-order chi connectivity index (χ0) is 29.1. The number of carbonyl (C=O) groups excluding carboxylic acids is 2. The monoisotopic (exact) mass is 587 g/mol. The minimum absolute atomic E-state index is 0.0110. The molecule has 7 nitrogen and oxygen atoms in total. The third-order valence-corrected chi connectivity index (χ3v) is 6.46. The number of anilines is 1. The summed E-state index contributed by atoms with van der Waals surface area (Å²) in [6, 6.07) is 3.97. The highest BCUT2D eigenvalue weighted by Gasteiger charge is 2.39. The quantitative estimate of drug-likeness (QED) is 0.285. The summed E-state index contributed by atoms with van der Waals surface area (Å²) in [6.45, 7) is -1.16. The number of amides is 2. The maximum atomic E-state index is 14.1. The van der Waals surface area contributed by atoms with Crippen LogP contribution in [-0.2, 0) is 12.7 Å². The molecule has 0 aliphatic carbocycles. The lowest BCUT2D eigenvalue weighted by atomic mass is 9.95. The lowest BCUT2D eigenvalue weighted by molar-refractivity contribution is -0.137. The summed E-state index contributed by atoms with van der Waals surface area (Å²) in [5.74, 6) is -5.59. The van der Waals surface area contributed by atoms with Gasteiger partial charge in [-0.05, 0) is 42.5 Å². The fourth-order valence-corrected chi connectivity index (χ4v) is 4.70. The first-order valence-corrected chi connectivity index (χ1v) is 11.6. The van der Waals surface area contributed by atoms with Crippen LogP contribution in [0.3, 0.4) is 0 Å². The molecule has 4 aromatic rings. The molecule has 2 amide bonds. The van der Waals surface area contributed by atoms with E-state index < -0.39 is 76.7 Å². The van der Waals surface area contributed by atoms with Gasteiger partial charge in [0, 0.05) is 27.4 Å². The molecule has 3 aromatic carbocycles. The lowest BCUT2D eigenvalue weighted by Gasteiger charge is -2.18. The van der Waals surface area contributed by atoms with Gasteiger partial charge in [0.1, 0.15) is 11.6 Å². The van der Waals surface area contributed by atoms with E-state index in [1.165, 1.54) is 6.07 Å². The third-order valence-electron chi connectivity index (χ3n) is 6.12. The van der Waals surface area contributed by atoms with Gasteiger partial charge in [0.15, 0.2) is 5.58 Å². The molecule has 15 heteroatoms. The van der Waals surface area contributed by atoms with E-state index in [4.69, 9.17) is 16.0 Å². The van der Waals surface area contributed by atoms with E-state index >= 15 is 0 Å². The lowest BCUT2D eigenvalue weighted by Crippen LogP contribution is -2.21. The number of fused-ring (bicyclic) bond motifs is 3. The highest BCUT2D eigenvalue weighted by Crippen LogP contribution is 2.43. The maximum Gasteiger partial charge on any atom is 0.420 e. The number of halogens is 8. The molecule has 1 aliphatic heterocycles. The van der Waals surface area contributed by atoms with Crippen LogP contribution in [-0.4, -0.2) is 22.8 Å². The standard InChI is InChI=1S/C25H13ClF7N3O4/c26-14-2-1-11(27)6-13(14)20-18-15(34-22(37)9-3-10(25(31,32)33)5-12(28)4-9)7-16-21(19(18)23(38)35-20)40-24(39)36(16)8-17(29)30/h1-7,17,20H,8H2,(H,34,37)(H,35,38). The van der Waals surface area contributed by atoms with Crippen LogP contribution >= 0.6 is 11.6 Å². The molecule has 0 saturated carbocycles. The molecule has 0 bridgehead atoms. The van der Waals surface area contributed by atoms with Crippen LogP contribution in [0.1, 0.15) is 43.4 Å². The molecule has 2 heterocycles. The van der Waals surface area contributed by atoms with Gasteiger partial charge in [-0.15, -0.1) is 0 Å². The van der Waals surface area contributed by atoms with Crippen molar-refractivity contribution < 1.29 is 44.7 Å². The number of benzene rings is 3. The number of hydrogen-bond donors (Lipinski definition) is 2. The summed E-state index contributed by atoms with van der Waals surface area (Å²) in [4.78, 5) is 38.5. The summed E-state index contributed by atoms with van der Waals surface area (Å²) in [5, 5.41) is 4.71. The molecular formula is C25H13ClF7N3O4. The zero-order valence-electron chi connectivity index (χ0n) is 19.5. The fourth-order valence-electron chi connectivity index (χ4n) is 4.47. The van der Waals surface area contributed by atoms with Crippen molar-refractivity contribution in [3.8, 4) is 0 Å². The average Bonchev–Trinajstić information content (AvgIpc) is 3.36. The highest BCUT2D eigenvalue weighted by molar-refractivity contribution is 6.31. The van der Waals surface area contributed by atoms with Crippen LogP contribution in [0.4, 0.5) is 36.4 Å². The van der Waals surface area contributed by atoms with Crippen LogP contribution in [0.5, 0.6) is 0 Å². The number of carbonyl (C=O) groups is 2. The van der Waals surface area contributed by atoms with Crippen molar-refractivity contribution >= 4 is 40.2 Å². The number of aromatic nitrogens is 1. The largest absolute Gasteiger partial charge is 0.420 e. The molecule has 0 radical (unpaired) electrons. The second-order valence-corrected chi connectivity index (χ2v) is 9.09. The van der Waals surface area contributed by atoms with Gasteiger partial charge in [-0.1, -0.05) is 11.6 Å². The van der Waals surface area contributed by atoms with Crippen molar-refractivity contribution in [2.75, 3.05) is 5.32 Å². The SMILES string of the molecule is O=C(Nc1cc2c(oc(=O)n2CC(F)F)c2c1C(c1cc(F)ccc1Cl)NC2=O)c1cc(F)cc(C(F)(F)F)c1. The average molecular weight is 588 g/mol. The first-order chi connectivity index (χ1) is 18.7. The van der Waals surface area contributed by atoms with Crippen molar-refractivity contribution in [1.29, 1.82) is 0 Å². The smallest absolute Gasteiger partial charge is 0.407 e. The van der Waals surface area contributed by atoms with E-state index in [1.807, 2.05) is 0 Å². The van der Waals surface area contributed by atoms with Gasteiger partial charge in [-0.25, -0.2) is 22.4 Å². The van der Waals surface area contributed by atoms with Crippen LogP contribution in [0.2, 0.25) is 5.02 Å². The molecule has 1 atom stereocenters. The molecular weight excluding hydrogens is 575 g/mol. The van der Waals surface area contributed by atoms with Crippen LogP contribution in [0.15, 0.2) is 51.7 Å². The number of nitrogens with zero attached hydrogens (tertiary/aromatic N) is 1. The Kier molecular flexibility index (Phi) is 6.60. The highest BCUT2D eigenvalue weighted by atomic mass is 35.5. The molecule has 5 rings (SSSR count). The van der Waals surface area contributed by atoms with E-state index in [-0.39, 0.29) is 33.4 Å². The van der Waals surface area contributed by atoms with E-state index in [0.29, 0.717) is 16.7 Å².